The summed E-state index contributed by atoms with van der Waals surface area (Å²) in [6, 6.07) is 14.2. The highest BCUT2D eigenvalue weighted by Crippen LogP contribution is 2.18. The molecule has 0 aliphatic carbocycles. The van der Waals surface area contributed by atoms with E-state index >= 15 is 0 Å². The first-order valence-electron chi connectivity index (χ1n) is 10.9. The molecule has 178 valence electrons. The third-order valence-electron chi connectivity index (χ3n) is 5.49. The Labute approximate surface area is 198 Å². The molecule has 0 unspecified atom stereocenters. The summed E-state index contributed by atoms with van der Waals surface area (Å²) in [4.78, 5) is 16.4. The number of nitrogens with one attached hydrogen (secondary N) is 1. The molecule has 1 amide bonds. The summed E-state index contributed by atoms with van der Waals surface area (Å²) in [5, 5.41) is 8.27. The van der Waals surface area contributed by atoms with Gasteiger partial charge in [0.1, 0.15) is 12.7 Å². The second-order valence-electron chi connectivity index (χ2n) is 7.78. The summed E-state index contributed by atoms with van der Waals surface area (Å²) < 4.78 is 33.7. The van der Waals surface area contributed by atoms with Gasteiger partial charge in [0, 0.05) is 19.5 Å². The molecule has 0 atom stereocenters. The highest BCUT2D eigenvalue weighted by atomic mass is 32.2. The molecule has 4 rings (SSSR count). The number of sulfonamides is 1. The molecule has 1 saturated heterocycles. The highest BCUT2D eigenvalue weighted by molar-refractivity contribution is 7.89. The van der Waals surface area contributed by atoms with E-state index in [-0.39, 0.29) is 17.2 Å². The minimum atomic E-state index is -3.52. The van der Waals surface area contributed by atoms with Gasteiger partial charge < -0.3 is 4.74 Å². The van der Waals surface area contributed by atoms with Crippen molar-refractivity contribution in [1.29, 1.82) is 0 Å². The molecule has 2 heterocycles. The Kier molecular flexibility index (Phi) is 7.46. The summed E-state index contributed by atoms with van der Waals surface area (Å²) in [7, 11) is -3.52. The summed E-state index contributed by atoms with van der Waals surface area (Å²) in [6.07, 6.45) is 3.80. The summed E-state index contributed by atoms with van der Waals surface area (Å²) in [5.74, 6) is -0.219. The van der Waals surface area contributed by atoms with Crippen molar-refractivity contribution < 1.29 is 17.9 Å². The van der Waals surface area contributed by atoms with Crippen molar-refractivity contribution in [2.45, 2.75) is 24.7 Å². The molecule has 0 saturated carbocycles. The van der Waals surface area contributed by atoms with Crippen LogP contribution in [-0.4, -0.2) is 65.4 Å². The number of rotatable bonds is 8. The maximum absolute atomic E-state index is 12.7. The first kappa shape index (κ1) is 23.7. The van der Waals surface area contributed by atoms with Gasteiger partial charge in [-0.1, -0.05) is 24.3 Å². The Hall–Kier alpha value is -3.41. The van der Waals surface area contributed by atoms with Gasteiger partial charge in [-0.05, 0) is 48.7 Å². The van der Waals surface area contributed by atoms with Gasteiger partial charge in [-0.3, -0.25) is 4.79 Å². The average Bonchev–Trinajstić information content (AvgIpc) is 3.42. The summed E-state index contributed by atoms with van der Waals surface area (Å²) in [5.41, 5.74) is 5.88. The van der Waals surface area contributed by atoms with Crippen LogP contribution in [0, 0.1) is 0 Å². The third kappa shape index (κ3) is 5.74. The standard InChI is InChI=1S/C23H26N6O4S/c1-18(20-5-7-21(8-6-20)29-17-24-16-25-29)26-27-23(30)11-4-19-2-9-22(10-3-19)34(31,32)28-12-14-33-15-13-28/h2-3,5-10,16-17H,4,11-15H2,1H3,(H,27,30)/b26-18+. The minimum Gasteiger partial charge on any atom is -0.379 e. The lowest BCUT2D eigenvalue weighted by molar-refractivity contribution is -0.121. The van der Waals surface area contributed by atoms with Crippen molar-refractivity contribution in [3.8, 4) is 5.69 Å². The number of carbonyl (C=O) groups is 1. The lowest BCUT2D eigenvalue weighted by Crippen LogP contribution is -2.40. The van der Waals surface area contributed by atoms with Crippen molar-refractivity contribution in [2.24, 2.45) is 5.10 Å². The molecule has 11 heteroatoms. The molecule has 0 bridgehead atoms. The molecule has 2 aromatic carbocycles. The van der Waals surface area contributed by atoms with Crippen LogP contribution < -0.4 is 5.43 Å². The van der Waals surface area contributed by atoms with Gasteiger partial charge >= 0.3 is 0 Å². The fourth-order valence-corrected chi connectivity index (χ4v) is 4.89. The van der Waals surface area contributed by atoms with Gasteiger partial charge in [0.15, 0.2) is 0 Å². The van der Waals surface area contributed by atoms with Crippen LogP contribution in [0.5, 0.6) is 0 Å². The predicted octanol–water partition coefficient (Wildman–Crippen LogP) is 1.76. The molecule has 1 fully saturated rings. The molecule has 3 aromatic rings. The number of aromatic nitrogens is 3. The Balaban J connectivity index is 1.28. The van der Waals surface area contributed by atoms with E-state index < -0.39 is 10.0 Å². The number of hydrazone groups is 1. The van der Waals surface area contributed by atoms with Crippen molar-refractivity contribution >= 4 is 21.6 Å². The molecule has 34 heavy (non-hydrogen) atoms. The number of ether oxygens (including phenoxy) is 1. The zero-order valence-corrected chi connectivity index (χ0v) is 19.6. The molecular formula is C23H26N6O4S. The minimum absolute atomic E-state index is 0.219. The van der Waals surface area contributed by atoms with Crippen LogP contribution >= 0.6 is 0 Å². The van der Waals surface area contributed by atoms with Crippen molar-refractivity contribution in [1.82, 2.24) is 24.5 Å². The molecule has 1 aromatic heterocycles. The molecule has 0 radical (unpaired) electrons. The maximum Gasteiger partial charge on any atom is 0.243 e. The molecule has 1 aliphatic heterocycles. The van der Waals surface area contributed by atoms with Crippen LogP contribution in [0.2, 0.25) is 0 Å². The van der Waals surface area contributed by atoms with E-state index in [1.807, 2.05) is 31.2 Å². The Morgan fingerprint density at radius 2 is 1.79 bits per heavy atom. The van der Waals surface area contributed by atoms with Gasteiger partial charge in [0.2, 0.25) is 15.9 Å². The van der Waals surface area contributed by atoms with Gasteiger partial charge in [-0.15, -0.1) is 0 Å². The Bertz CT molecular complexity index is 1230. The van der Waals surface area contributed by atoms with Crippen LogP contribution in [-0.2, 0) is 26.0 Å². The molecule has 1 N–H and O–H groups in total. The fourth-order valence-electron chi connectivity index (χ4n) is 3.49. The normalized spacial score (nSPS) is 15.3. The van der Waals surface area contributed by atoms with Crippen molar-refractivity contribution in [3.63, 3.8) is 0 Å². The molecule has 1 aliphatic rings. The van der Waals surface area contributed by atoms with Crippen molar-refractivity contribution in [2.75, 3.05) is 26.3 Å². The van der Waals surface area contributed by atoms with E-state index in [0.29, 0.717) is 38.4 Å². The number of benzene rings is 2. The Morgan fingerprint density at radius 1 is 1.09 bits per heavy atom. The SMILES string of the molecule is C/C(=N\NC(=O)CCc1ccc(S(=O)(=O)N2CCOCC2)cc1)c1ccc(-n2cncn2)cc1. The van der Waals surface area contributed by atoms with Crippen LogP contribution in [0.1, 0.15) is 24.5 Å². The molecule has 0 spiro atoms. The number of aryl methyl sites for hydroxylation is 1. The van der Waals surface area contributed by atoms with Gasteiger partial charge in [-0.25, -0.2) is 23.5 Å². The number of hydrogen-bond acceptors (Lipinski definition) is 7. The monoisotopic (exact) mass is 482 g/mol. The maximum atomic E-state index is 12.7. The second-order valence-corrected chi connectivity index (χ2v) is 9.72. The average molecular weight is 483 g/mol. The van der Waals surface area contributed by atoms with E-state index in [2.05, 4.69) is 20.6 Å². The third-order valence-corrected chi connectivity index (χ3v) is 7.40. The van der Waals surface area contributed by atoms with Crippen LogP contribution in [0.15, 0.2) is 71.2 Å². The zero-order chi connectivity index (χ0) is 24.0. The van der Waals surface area contributed by atoms with Crippen LogP contribution in [0.25, 0.3) is 5.69 Å². The lowest BCUT2D eigenvalue weighted by atomic mass is 10.1. The largest absolute Gasteiger partial charge is 0.379 e. The van der Waals surface area contributed by atoms with E-state index in [1.54, 1.807) is 35.3 Å². The number of amides is 1. The molecular weight excluding hydrogens is 456 g/mol. The topological polar surface area (TPSA) is 119 Å². The smallest absolute Gasteiger partial charge is 0.243 e. The predicted molar refractivity (Wildman–Crippen MR) is 126 cm³/mol. The number of morpholine rings is 1. The second kappa shape index (κ2) is 10.7. The number of hydrogen-bond donors (Lipinski definition) is 1. The van der Waals surface area contributed by atoms with Gasteiger partial charge in [0.05, 0.1) is 29.5 Å². The zero-order valence-electron chi connectivity index (χ0n) is 18.8. The van der Waals surface area contributed by atoms with Gasteiger partial charge in [0.25, 0.3) is 0 Å². The van der Waals surface area contributed by atoms with Crippen molar-refractivity contribution in [3.05, 3.63) is 72.3 Å². The van der Waals surface area contributed by atoms with E-state index in [0.717, 1.165) is 16.8 Å². The van der Waals surface area contributed by atoms with Crippen LogP contribution in [0.3, 0.4) is 0 Å². The summed E-state index contributed by atoms with van der Waals surface area (Å²) in [6.45, 7) is 3.34. The fraction of sp³-hybridized carbons (Fsp3) is 0.304. The number of nitrogens with zero attached hydrogens (tertiary/aromatic N) is 5. The van der Waals surface area contributed by atoms with E-state index in [1.165, 1.54) is 10.6 Å². The highest BCUT2D eigenvalue weighted by Gasteiger charge is 2.26. The lowest BCUT2D eigenvalue weighted by Gasteiger charge is -2.26. The Morgan fingerprint density at radius 3 is 2.44 bits per heavy atom. The first-order valence-corrected chi connectivity index (χ1v) is 12.3. The van der Waals surface area contributed by atoms with Crippen LogP contribution in [0.4, 0.5) is 0 Å². The molecule has 10 nitrogen and oxygen atoms in total. The van der Waals surface area contributed by atoms with E-state index in [9.17, 15) is 13.2 Å². The summed E-state index contributed by atoms with van der Waals surface area (Å²) >= 11 is 0. The van der Waals surface area contributed by atoms with Gasteiger partial charge in [-0.2, -0.15) is 14.5 Å². The number of carbonyl (C=O) groups excluding carboxylic acids is 1. The quantitative estimate of drug-likeness (QED) is 0.386. The van der Waals surface area contributed by atoms with E-state index in [4.69, 9.17) is 4.74 Å². The first-order chi connectivity index (χ1) is 16.4.